The number of alkyl halides is 1. The first-order valence-electron chi connectivity index (χ1n) is 5.59. The number of hydroxylamine groups is 2. The molecule has 2 rings (SSSR count). The topological polar surface area (TPSA) is 108 Å². The summed E-state index contributed by atoms with van der Waals surface area (Å²) in [6.07, 6.45) is -2.93. The number of nitrogens with zero attached hydrogens (tertiary/aromatic N) is 2. The van der Waals surface area contributed by atoms with Gasteiger partial charge in [-0.25, -0.2) is 9.18 Å². The number of H-pyrrole nitrogens is 1. The van der Waals surface area contributed by atoms with Crippen LogP contribution in [-0.4, -0.2) is 56.9 Å². The summed E-state index contributed by atoms with van der Waals surface area (Å²) < 4.78 is 20.3. The van der Waals surface area contributed by atoms with Crippen molar-refractivity contribution < 1.29 is 19.4 Å². The molecule has 2 heterocycles. The Morgan fingerprint density at radius 3 is 2.74 bits per heavy atom. The zero-order chi connectivity index (χ0) is 14.2. The standard InChI is InChI=1S/C10H14FN3O5/c1-13(18)8-5(4-15)19-9(7(8)11)14-3-2-6(16)12-10(14)17/h2-3,5,7-9,15,18H,4H2,1H3,(H,12,16,17)/t5-,7+,8-,9-/m1/s1. The van der Waals surface area contributed by atoms with Crippen LogP contribution in [-0.2, 0) is 4.74 Å². The molecular formula is C10H14FN3O5. The van der Waals surface area contributed by atoms with E-state index < -0.39 is 42.4 Å². The molecule has 0 unspecified atom stereocenters. The Balaban J connectivity index is 2.36. The van der Waals surface area contributed by atoms with Crippen LogP contribution in [0.25, 0.3) is 0 Å². The second kappa shape index (κ2) is 5.21. The SMILES string of the molecule is CN(O)[C@H]1[C@H](F)[C@H](n2ccc(=O)[nH]c2=O)O[C@@H]1CO. The Kier molecular flexibility index (Phi) is 3.80. The molecule has 0 radical (unpaired) electrons. The molecule has 1 aromatic rings. The molecule has 1 aromatic heterocycles. The van der Waals surface area contributed by atoms with Crippen LogP contribution < -0.4 is 11.2 Å². The molecule has 0 aliphatic carbocycles. The fourth-order valence-corrected chi connectivity index (χ4v) is 2.15. The summed E-state index contributed by atoms with van der Waals surface area (Å²) in [4.78, 5) is 24.5. The lowest BCUT2D eigenvalue weighted by Gasteiger charge is -2.22. The van der Waals surface area contributed by atoms with Gasteiger partial charge in [0.05, 0.1) is 12.6 Å². The first kappa shape index (κ1) is 13.9. The minimum atomic E-state index is -1.74. The largest absolute Gasteiger partial charge is 0.394 e. The van der Waals surface area contributed by atoms with Crippen LogP contribution in [0.1, 0.15) is 6.23 Å². The first-order valence-corrected chi connectivity index (χ1v) is 5.59. The van der Waals surface area contributed by atoms with E-state index in [1.54, 1.807) is 0 Å². The number of aliphatic hydroxyl groups excluding tert-OH is 1. The number of halogens is 1. The number of rotatable bonds is 3. The van der Waals surface area contributed by atoms with Gasteiger partial charge < -0.3 is 15.1 Å². The van der Waals surface area contributed by atoms with Gasteiger partial charge in [0.1, 0.15) is 6.10 Å². The zero-order valence-corrected chi connectivity index (χ0v) is 10.1. The summed E-state index contributed by atoms with van der Waals surface area (Å²) in [6.45, 7) is -0.509. The van der Waals surface area contributed by atoms with Gasteiger partial charge in [0, 0.05) is 19.3 Å². The third kappa shape index (κ3) is 2.45. The first-order chi connectivity index (χ1) is 8.95. The van der Waals surface area contributed by atoms with Crippen molar-refractivity contribution in [1.29, 1.82) is 0 Å². The van der Waals surface area contributed by atoms with E-state index in [9.17, 15) is 19.2 Å². The molecule has 0 bridgehead atoms. The van der Waals surface area contributed by atoms with E-state index in [-0.39, 0.29) is 0 Å². The maximum Gasteiger partial charge on any atom is 0.330 e. The molecule has 1 aliphatic rings. The zero-order valence-electron chi connectivity index (χ0n) is 10.1. The summed E-state index contributed by atoms with van der Waals surface area (Å²) in [7, 11) is 1.22. The van der Waals surface area contributed by atoms with Gasteiger partial charge in [0.15, 0.2) is 12.4 Å². The van der Waals surface area contributed by atoms with E-state index >= 15 is 0 Å². The number of ether oxygens (including phenoxy) is 1. The second-order valence-corrected chi connectivity index (χ2v) is 4.27. The third-order valence-corrected chi connectivity index (χ3v) is 3.03. The monoisotopic (exact) mass is 275 g/mol. The second-order valence-electron chi connectivity index (χ2n) is 4.27. The average molecular weight is 275 g/mol. The van der Waals surface area contributed by atoms with E-state index in [2.05, 4.69) is 0 Å². The lowest BCUT2D eigenvalue weighted by atomic mass is 10.1. The van der Waals surface area contributed by atoms with Crippen molar-refractivity contribution in [2.75, 3.05) is 13.7 Å². The van der Waals surface area contributed by atoms with E-state index in [1.165, 1.54) is 7.05 Å². The molecule has 0 spiro atoms. The van der Waals surface area contributed by atoms with Crippen molar-refractivity contribution >= 4 is 0 Å². The Bertz CT molecular complexity index is 557. The highest BCUT2D eigenvalue weighted by Gasteiger charge is 2.48. The molecule has 1 fully saturated rings. The number of hydrogen-bond acceptors (Lipinski definition) is 6. The van der Waals surface area contributed by atoms with Crippen molar-refractivity contribution in [3.05, 3.63) is 33.1 Å². The number of likely N-dealkylation sites (N-methyl/N-ethyl adjacent to an activating group) is 1. The fraction of sp³-hybridized carbons (Fsp3) is 0.600. The minimum absolute atomic E-state index is 0.509. The molecule has 0 aromatic carbocycles. The summed E-state index contributed by atoms with van der Waals surface area (Å²) >= 11 is 0. The lowest BCUT2D eigenvalue weighted by molar-refractivity contribution is -0.134. The molecule has 0 saturated carbocycles. The van der Waals surface area contributed by atoms with Crippen LogP contribution in [0.5, 0.6) is 0 Å². The van der Waals surface area contributed by atoms with Gasteiger partial charge in [-0.05, 0) is 0 Å². The molecule has 0 amide bonds. The predicted octanol–water partition coefficient (Wildman–Crippen LogP) is -1.55. The van der Waals surface area contributed by atoms with Crippen molar-refractivity contribution in [3.8, 4) is 0 Å². The highest BCUT2D eigenvalue weighted by atomic mass is 19.1. The molecule has 4 atom stereocenters. The average Bonchev–Trinajstić information content (AvgIpc) is 2.66. The highest BCUT2D eigenvalue weighted by Crippen LogP contribution is 2.32. The molecule has 19 heavy (non-hydrogen) atoms. The van der Waals surface area contributed by atoms with Crippen LogP contribution in [0.4, 0.5) is 4.39 Å². The molecule has 106 valence electrons. The fourth-order valence-electron chi connectivity index (χ4n) is 2.15. The van der Waals surface area contributed by atoms with Gasteiger partial charge in [-0.2, -0.15) is 5.06 Å². The predicted molar refractivity (Wildman–Crippen MR) is 60.6 cm³/mol. The Morgan fingerprint density at radius 2 is 2.26 bits per heavy atom. The van der Waals surface area contributed by atoms with Gasteiger partial charge >= 0.3 is 5.69 Å². The molecule has 1 saturated heterocycles. The van der Waals surface area contributed by atoms with Crippen molar-refractivity contribution in [1.82, 2.24) is 14.6 Å². The quantitative estimate of drug-likeness (QED) is 0.577. The van der Waals surface area contributed by atoms with E-state index in [1.807, 2.05) is 4.98 Å². The molecular weight excluding hydrogens is 261 g/mol. The Morgan fingerprint density at radius 1 is 1.58 bits per heavy atom. The van der Waals surface area contributed by atoms with Gasteiger partial charge in [0.25, 0.3) is 5.56 Å². The summed E-state index contributed by atoms with van der Waals surface area (Å²) in [6, 6.07) is -0.0460. The number of nitrogens with one attached hydrogen (secondary N) is 1. The molecule has 3 N–H and O–H groups in total. The smallest absolute Gasteiger partial charge is 0.330 e. The van der Waals surface area contributed by atoms with Gasteiger partial charge in [-0.15, -0.1) is 0 Å². The third-order valence-electron chi connectivity index (χ3n) is 3.03. The number of aromatic nitrogens is 2. The number of hydrogen-bond donors (Lipinski definition) is 3. The van der Waals surface area contributed by atoms with Gasteiger partial charge in [-0.3, -0.25) is 14.3 Å². The maximum absolute atomic E-state index is 14.2. The van der Waals surface area contributed by atoms with Crippen LogP contribution in [0.2, 0.25) is 0 Å². The van der Waals surface area contributed by atoms with Gasteiger partial charge in [-0.1, -0.05) is 0 Å². The summed E-state index contributed by atoms with van der Waals surface area (Å²) in [5, 5.41) is 19.1. The maximum atomic E-state index is 14.2. The lowest BCUT2D eigenvalue weighted by Crippen LogP contribution is -2.44. The van der Waals surface area contributed by atoms with Crippen LogP contribution in [0, 0.1) is 0 Å². The van der Waals surface area contributed by atoms with Crippen molar-refractivity contribution in [2.24, 2.45) is 0 Å². The van der Waals surface area contributed by atoms with Crippen LogP contribution in [0.3, 0.4) is 0 Å². The molecule has 8 nitrogen and oxygen atoms in total. The summed E-state index contributed by atoms with van der Waals surface area (Å²) in [5.41, 5.74) is -1.43. The minimum Gasteiger partial charge on any atom is -0.394 e. The Labute approximate surface area is 106 Å². The number of aromatic amines is 1. The van der Waals surface area contributed by atoms with E-state index in [0.29, 0.717) is 5.06 Å². The van der Waals surface area contributed by atoms with Gasteiger partial charge in [0.2, 0.25) is 0 Å². The molecule has 1 aliphatic heterocycles. The highest BCUT2D eigenvalue weighted by molar-refractivity contribution is 4.95. The van der Waals surface area contributed by atoms with E-state index in [4.69, 9.17) is 9.84 Å². The molecule has 9 heteroatoms. The van der Waals surface area contributed by atoms with Crippen LogP contribution >= 0.6 is 0 Å². The number of aliphatic hydroxyl groups is 1. The summed E-state index contributed by atoms with van der Waals surface area (Å²) in [5.74, 6) is 0. The van der Waals surface area contributed by atoms with Crippen molar-refractivity contribution in [3.63, 3.8) is 0 Å². The van der Waals surface area contributed by atoms with Crippen LogP contribution in [0.15, 0.2) is 21.9 Å². The van der Waals surface area contributed by atoms with Crippen molar-refractivity contribution in [2.45, 2.75) is 24.5 Å². The van der Waals surface area contributed by atoms with E-state index in [0.717, 1.165) is 16.8 Å². The normalized spacial score (nSPS) is 31.0. The Hall–Kier alpha value is -1.55.